The second-order valence-corrected chi connectivity index (χ2v) is 6.64. The van der Waals surface area contributed by atoms with E-state index in [0.717, 1.165) is 12.8 Å². The second kappa shape index (κ2) is 8.76. The molecule has 0 N–H and O–H groups in total. The Morgan fingerprint density at radius 3 is 2.73 bits per heavy atom. The van der Waals surface area contributed by atoms with Gasteiger partial charge in [0.05, 0.1) is 6.54 Å². The van der Waals surface area contributed by atoms with Gasteiger partial charge in [-0.15, -0.1) is 0 Å². The smallest absolute Gasteiger partial charge is 0.223 e. The van der Waals surface area contributed by atoms with Crippen LogP contribution in [0, 0.1) is 0 Å². The maximum atomic E-state index is 12.5. The van der Waals surface area contributed by atoms with Gasteiger partial charge in [-0.05, 0) is 37.1 Å². The van der Waals surface area contributed by atoms with Crippen molar-refractivity contribution in [3.8, 4) is 5.88 Å². The minimum absolute atomic E-state index is 0.0247. The first-order valence-corrected chi connectivity index (χ1v) is 8.99. The highest BCUT2D eigenvalue weighted by atomic mass is 35.5. The van der Waals surface area contributed by atoms with E-state index in [1.165, 1.54) is 6.33 Å². The van der Waals surface area contributed by atoms with Crippen LogP contribution in [0.15, 0.2) is 42.9 Å². The summed E-state index contributed by atoms with van der Waals surface area (Å²) in [5.74, 6) is 0.432. The molecule has 0 spiro atoms. The normalized spacial score (nSPS) is 17.0. The number of carbonyl (C=O) groups excluding carboxylic acids is 2. The molecule has 1 aromatic heterocycles. The van der Waals surface area contributed by atoms with Crippen molar-refractivity contribution in [3.63, 3.8) is 0 Å². The third-order valence-corrected chi connectivity index (χ3v) is 4.56. The first kappa shape index (κ1) is 18.3. The average Bonchev–Trinajstić information content (AvgIpc) is 2.67. The molecule has 1 unspecified atom stereocenters. The van der Waals surface area contributed by atoms with Crippen LogP contribution >= 0.6 is 11.6 Å². The molecule has 136 valence electrons. The molecule has 6 nitrogen and oxygen atoms in total. The molecule has 0 radical (unpaired) electrons. The van der Waals surface area contributed by atoms with E-state index in [2.05, 4.69) is 9.97 Å². The average molecular weight is 374 g/mol. The highest BCUT2D eigenvalue weighted by molar-refractivity contribution is 6.30. The number of nitrogens with zero attached hydrogens (tertiary/aromatic N) is 3. The standard InChI is InChI=1S/C19H20ClN3O3/c20-15-5-3-14(4-6-15)17(24)7-8-19(25)23-11-1-2-16(12-23)26-18-9-10-21-13-22-18/h3-6,9-10,13,16H,1-2,7-8,11-12H2. The molecule has 1 amide bonds. The number of benzene rings is 1. The molecule has 7 heteroatoms. The van der Waals surface area contributed by atoms with E-state index in [0.29, 0.717) is 29.6 Å². The summed E-state index contributed by atoms with van der Waals surface area (Å²) in [5.41, 5.74) is 0.575. The lowest BCUT2D eigenvalue weighted by molar-refractivity contribution is -0.133. The summed E-state index contributed by atoms with van der Waals surface area (Å²) in [5, 5.41) is 0.584. The van der Waals surface area contributed by atoms with Crippen LogP contribution in [-0.2, 0) is 4.79 Å². The van der Waals surface area contributed by atoms with Crippen molar-refractivity contribution < 1.29 is 14.3 Å². The van der Waals surface area contributed by atoms with Crippen LogP contribution in [0.3, 0.4) is 0 Å². The molecule has 0 bridgehead atoms. The number of likely N-dealkylation sites (tertiary alicyclic amines) is 1. The number of hydrogen-bond acceptors (Lipinski definition) is 5. The van der Waals surface area contributed by atoms with Gasteiger partial charge in [0.1, 0.15) is 12.4 Å². The highest BCUT2D eigenvalue weighted by Gasteiger charge is 2.25. The van der Waals surface area contributed by atoms with Crippen molar-refractivity contribution in [3.05, 3.63) is 53.4 Å². The predicted molar refractivity (Wildman–Crippen MR) is 97.3 cm³/mol. The van der Waals surface area contributed by atoms with Gasteiger partial charge in [-0.2, -0.15) is 0 Å². The molecule has 2 aromatic rings. The second-order valence-electron chi connectivity index (χ2n) is 6.20. The van der Waals surface area contributed by atoms with E-state index >= 15 is 0 Å². The van der Waals surface area contributed by atoms with Crippen molar-refractivity contribution >= 4 is 23.3 Å². The molecule has 0 aliphatic carbocycles. The number of piperidine rings is 1. The molecule has 1 atom stereocenters. The van der Waals surface area contributed by atoms with E-state index in [9.17, 15) is 9.59 Å². The SMILES string of the molecule is O=C(CCC(=O)N1CCCC(Oc2ccncn2)C1)c1ccc(Cl)cc1. The van der Waals surface area contributed by atoms with Crippen LogP contribution in [0.2, 0.25) is 5.02 Å². The Balaban J connectivity index is 1.49. The van der Waals surface area contributed by atoms with Gasteiger partial charge in [-0.25, -0.2) is 9.97 Å². The van der Waals surface area contributed by atoms with Crippen molar-refractivity contribution in [2.45, 2.75) is 31.8 Å². The van der Waals surface area contributed by atoms with Crippen LogP contribution < -0.4 is 4.74 Å². The van der Waals surface area contributed by atoms with Gasteiger partial charge in [0.15, 0.2) is 5.78 Å². The number of amides is 1. The summed E-state index contributed by atoms with van der Waals surface area (Å²) in [4.78, 5) is 34.3. The number of halogens is 1. The Hall–Kier alpha value is -2.47. The van der Waals surface area contributed by atoms with Crippen LogP contribution in [0.4, 0.5) is 0 Å². The Morgan fingerprint density at radius 1 is 1.19 bits per heavy atom. The number of aromatic nitrogens is 2. The molecule has 1 aliphatic heterocycles. The summed E-state index contributed by atoms with van der Waals surface area (Å²) < 4.78 is 5.82. The Kier molecular flexibility index (Phi) is 6.17. The zero-order valence-corrected chi connectivity index (χ0v) is 15.1. The third kappa shape index (κ3) is 5.02. The summed E-state index contributed by atoms with van der Waals surface area (Å²) >= 11 is 5.83. The molecule has 1 aliphatic rings. The molecule has 1 fully saturated rings. The zero-order chi connectivity index (χ0) is 18.4. The zero-order valence-electron chi connectivity index (χ0n) is 14.3. The van der Waals surface area contributed by atoms with E-state index in [1.54, 1.807) is 41.4 Å². The maximum absolute atomic E-state index is 12.5. The Morgan fingerprint density at radius 2 is 2.00 bits per heavy atom. The number of hydrogen-bond donors (Lipinski definition) is 0. The van der Waals surface area contributed by atoms with Gasteiger partial charge in [-0.1, -0.05) is 11.6 Å². The van der Waals surface area contributed by atoms with Gasteiger partial charge in [0.2, 0.25) is 11.8 Å². The van der Waals surface area contributed by atoms with E-state index in [4.69, 9.17) is 16.3 Å². The maximum Gasteiger partial charge on any atom is 0.223 e. The fourth-order valence-electron chi connectivity index (χ4n) is 2.94. The molecular formula is C19H20ClN3O3. The van der Waals surface area contributed by atoms with E-state index < -0.39 is 0 Å². The topological polar surface area (TPSA) is 72.4 Å². The summed E-state index contributed by atoms with van der Waals surface area (Å²) in [7, 11) is 0. The third-order valence-electron chi connectivity index (χ3n) is 4.31. The van der Waals surface area contributed by atoms with Crippen LogP contribution in [0.1, 0.15) is 36.0 Å². The van der Waals surface area contributed by atoms with Crippen molar-refractivity contribution in [2.24, 2.45) is 0 Å². The fourth-order valence-corrected chi connectivity index (χ4v) is 3.06. The van der Waals surface area contributed by atoms with Gasteiger partial charge >= 0.3 is 0 Å². The van der Waals surface area contributed by atoms with Crippen LogP contribution in [-0.4, -0.2) is 45.8 Å². The highest BCUT2D eigenvalue weighted by Crippen LogP contribution is 2.18. The van der Waals surface area contributed by atoms with Gasteiger partial charge in [0, 0.05) is 42.2 Å². The van der Waals surface area contributed by atoms with Crippen molar-refractivity contribution in [1.29, 1.82) is 0 Å². The molecular weight excluding hydrogens is 354 g/mol. The molecule has 26 heavy (non-hydrogen) atoms. The largest absolute Gasteiger partial charge is 0.472 e. The fraction of sp³-hybridized carbons (Fsp3) is 0.368. The Bertz CT molecular complexity index is 752. The number of ketones is 1. The van der Waals surface area contributed by atoms with E-state index in [-0.39, 0.29) is 30.6 Å². The number of carbonyl (C=O) groups is 2. The molecule has 0 saturated carbocycles. The minimum atomic E-state index is -0.0884. The Labute approximate surface area is 157 Å². The van der Waals surface area contributed by atoms with Crippen molar-refractivity contribution in [1.82, 2.24) is 14.9 Å². The number of ether oxygens (including phenoxy) is 1. The lowest BCUT2D eigenvalue weighted by Crippen LogP contribution is -2.44. The summed E-state index contributed by atoms with van der Waals surface area (Å²) in [6, 6.07) is 8.42. The van der Waals surface area contributed by atoms with Crippen LogP contribution in [0.5, 0.6) is 5.88 Å². The first-order chi connectivity index (χ1) is 12.6. The van der Waals surface area contributed by atoms with Crippen LogP contribution in [0.25, 0.3) is 0 Å². The van der Waals surface area contributed by atoms with Gasteiger partial charge in [0.25, 0.3) is 0 Å². The molecule has 1 aromatic carbocycles. The summed E-state index contributed by atoms with van der Waals surface area (Å²) in [6.45, 7) is 1.20. The molecule has 2 heterocycles. The predicted octanol–water partition coefficient (Wildman–Crippen LogP) is 3.16. The van der Waals surface area contributed by atoms with Gasteiger partial charge in [-0.3, -0.25) is 9.59 Å². The number of Topliss-reactive ketones (excluding diaryl/α,β-unsaturated/α-hetero) is 1. The molecule has 3 rings (SSSR count). The quantitative estimate of drug-likeness (QED) is 0.727. The number of rotatable bonds is 6. The lowest BCUT2D eigenvalue weighted by Gasteiger charge is -2.32. The summed E-state index contributed by atoms with van der Waals surface area (Å²) in [6.07, 6.45) is 5.09. The first-order valence-electron chi connectivity index (χ1n) is 8.61. The van der Waals surface area contributed by atoms with Gasteiger partial charge < -0.3 is 9.64 Å². The van der Waals surface area contributed by atoms with Crippen molar-refractivity contribution in [2.75, 3.05) is 13.1 Å². The van der Waals surface area contributed by atoms with E-state index in [1.807, 2.05) is 0 Å². The molecule has 1 saturated heterocycles. The minimum Gasteiger partial charge on any atom is -0.472 e. The monoisotopic (exact) mass is 373 g/mol. The lowest BCUT2D eigenvalue weighted by atomic mass is 10.0.